The van der Waals surface area contributed by atoms with Crippen LogP contribution in [0.25, 0.3) is 0 Å². The first-order valence-corrected chi connectivity index (χ1v) is 4.18. The van der Waals surface area contributed by atoms with Crippen molar-refractivity contribution in [3.8, 4) is 6.07 Å². The van der Waals surface area contributed by atoms with Gasteiger partial charge in [0.25, 0.3) is 0 Å². The molecule has 11 heavy (non-hydrogen) atoms. The fourth-order valence-corrected chi connectivity index (χ4v) is 1.57. The van der Waals surface area contributed by atoms with E-state index >= 15 is 0 Å². The summed E-state index contributed by atoms with van der Waals surface area (Å²) in [6, 6.07) is 5.59. The molecule has 0 aliphatic carbocycles. The molecule has 3 heteroatoms. The van der Waals surface area contributed by atoms with Crippen LogP contribution in [0.4, 0.5) is 0 Å². The van der Waals surface area contributed by atoms with Crippen molar-refractivity contribution in [3.05, 3.63) is 32.8 Å². The number of rotatable bonds is 0. The van der Waals surface area contributed by atoms with E-state index in [1.54, 1.807) is 12.1 Å². The molecule has 1 rings (SSSR count). The van der Waals surface area contributed by atoms with Crippen molar-refractivity contribution in [1.82, 2.24) is 0 Å². The van der Waals surface area contributed by atoms with Crippen molar-refractivity contribution >= 4 is 27.5 Å². The lowest BCUT2D eigenvalue weighted by molar-refractivity contribution is 1.38. The quantitative estimate of drug-likeness (QED) is 0.671. The van der Waals surface area contributed by atoms with Gasteiger partial charge in [0.15, 0.2) is 0 Å². The van der Waals surface area contributed by atoms with Crippen molar-refractivity contribution < 1.29 is 0 Å². The summed E-state index contributed by atoms with van der Waals surface area (Å²) in [6.45, 7) is 1.83. The molecule has 0 atom stereocenters. The lowest BCUT2D eigenvalue weighted by atomic mass is 10.1. The van der Waals surface area contributed by atoms with E-state index in [0.29, 0.717) is 10.6 Å². The molecular weight excluding hydrogens is 225 g/mol. The molecule has 1 nitrogen and oxygen atoms in total. The van der Waals surface area contributed by atoms with Crippen molar-refractivity contribution in [2.45, 2.75) is 6.92 Å². The molecule has 0 N–H and O–H groups in total. The zero-order chi connectivity index (χ0) is 8.43. The summed E-state index contributed by atoms with van der Waals surface area (Å²) in [7, 11) is 0. The highest BCUT2D eigenvalue weighted by Crippen LogP contribution is 2.23. The van der Waals surface area contributed by atoms with Gasteiger partial charge >= 0.3 is 0 Å². The zero-order valence-corrected chi connectivity index (χ0v) is 8.20. The molecule has 1 aromatic rings. The largest absolute Gasteiger partial charge is 0.192 e. The highest BCUT2D eigenvalue weighted by Gasteiger charge is 2.02. The van der Waals surface area contributed by atoms with Crippen LogP contribution in [0.15, 0.2) is 16.6 Å². The number of hydrogen-bond acceptors (Lipinski definition) is 1. The predicted octanol–water partition coefficient (Wildman–Crippen LogP) is 3.28. The van der Waals surface area contributed by atoms with Crippen LogP contribution in [0.2, 0.25) is 5.02 Å². The van der Waals surface area contributed by atoms with E-state index in [4.69, 9.17) is 16.9 Å². The molecule has 56 valence electrons. The second-order valence-electron chi connectivity index (χ2n) is 2.17. The van der Waals surface area contributed by atoms with Crippen LogP contribution in [0.1, 0.15) is 11.1 Å². The van der Waals surface area contributed by atoms with E-state index in [-0.39, 0.29) is 0 Å². The molecule has 0 aromatic heterocycles. The van der Waals surface area contributed by atoms with Crippen molar-refractivity contribution in [3.63, 3.8) is 0 Å². The SMILES string of the molecule is Cc1c(Cl)cc(Br)cc1C#N. The Morgan fingerprint density at radius 3 is 2.73 bits per heavy atom. The molecule has 1 aromatic carbocycles. The topological polar surface area (TPSA) is 23.8 Å². The molecule has 0 saturated carbocycles. The monoisotopic (exact) mass is 229 g/mol. The minimum absolute atomic E-state index is 0.615. The van der Waals surface area contributed by atoms with Gasteiger partial charge in [-0.1, -0.05) is 27.5 Å². The Morgan fingerprint density at radius 2 is 2.18 bits per heavy atom. The average Bonchev–Trinajstić information content (AvgIpc) is 1.96. The van der Waals surface area contributed by atoms with Gasteiger partial charge in [0.2, 0.25) is 0 Å². The Kier molecular flexibility index (Phi) is 2.53. The lowest BCUT2D eigenvalue weighted by Crippen LogP contribution is -1.83. The third-order valence-electron chi connectivity index (χ3n) is 1.43. The Balaban J connectivity index is 3.39. The Hall–Kier alpha value is -0.520. The first-order valence-electron chi connectivity index (χ1n) is 3.01. The van der Waals surface area contributed by atoms with E-state index in [1.165, 1.54) is 0 Å². The number of nitrogens with zero attached hydrogens (tertiary/aromatic N) is 1. The molecule has 0 aliphatic rings. The average molecular weight is 230 g/mol. The van der Waals surface area contributed by atoms with Crippen LogP contribution in [-0.4, -0.2) is 0 Å². The van der Waals surface area contributed by atoms with Crippen molar-refractivity contribution in [2.75, 3.05) is 0 Å². The Labute approximate surface area is 78.7 Å². The van der Waals surface area contributed by atoms with Crippen LogP contribution in [-0.2, 0) is 0 Å². The number of hydrogen-bond donors (Lipinski definition) is 0. The maximum atomic E-state index is 8.64. The van der Waals surface area contributed by atoms with Crippen LogP contribution >= 0.6 is 27.5 Å². The zero-order valence-electron chi connectivity index (χ0n) is 5.86. The fraction of sp³-hybridized carbons (Fsp3) is 0.125. The first-order chi connectivity index (χ1) is 5.15. The first kappa shape index (κ1) is 8.58. The van der Waals surface area contributed by atoms with Crippen LogP contribution in [0.5, 0.6) is 0 Å². The molecule has 0 radical (unpaired) electrons. The van der Waals surface area contributed by atoms with Crippen LogP contribution in [0.3, 0.4) is 0 Å². The lowest BCUT2D eigenvalue weighted by Gasteiger charge is -1.99. The van der Waals surface area contributed by atoms with Crippen LogP contribution < -0.4 is 0 Å². The minimum atomic E-state index is 0.615. The van der Waals surface area contributed by atoms with Gasteiger partial charge in [-0.3, -0.25) is 0 Å². The molecule has 0 aliphatic heterocycles. The smallest absolute Gasteiger partial charge is 0.0995 e. The summed E-state index contributed by atoms with van der Waals surface area (Å²) in [4.78, 5) is 0. The number of benzene rings is 1. The van der Waals surface area contributed by atoms with E-state index in [0.717, 1.165) is 10.0 Å². The fourth-order valence-electron chi connectivity index (χ4n) is 0.762. The van der Waals surface area contributed by atoms with Crippen molar-refractivity contribution in [2.24, 2.45) is 0 Å². The number of nitriles is 1. The maximum Gasteiger partial charge on any atom is 0.0995 e. The molecular formula is C8H5BrClN. The normalized spacial score (nSPS) is 9.27. The predicted molar refractivity (Wildman–Crippen MR) is 48.6 cm³/mol. The van der Waals surface area contributed by atoms with E-state index in [1.807, 2.05) is 6.92 Å². The third-order valence-corrected chi connectivity index (χ3v) is 2.28. The molecule has 0 bridgehead atoms. The molecule has 0 unspecified atom stereocenters. The van der Waals surface area contributed by atoms with Gasteiger partial charge < -0.3 is 0 Å². The van der Waals surface area contributed by atoms with E-state index < -0.39 is 0 Å². The minimum Gasteiger partial charge on any atom is -0.192 e. The molecule has 0 fully saturated rings. The van der Waals surface area contributed by atoms with Gasteiger partial charge in [0, 0.05) is 9.50 Å². The Bertz CT molecular complexity index is 328. The van der Waals surface area contributed by atoms with E-state index in [9.17, 15) is 0 Å². The second kappa shape index (κ2) is 3.25. The van der Waals surface area contributed by atoms with E-state index in [2.05, 4.69) is 22.0 Å². The molecule has 0 spiro atoms. The van der Waals surface area contributed by atoms with Gasteiger partial charge in [-0.15, -0.1) is 0 Å². The summed E-state index contributed by atoms with van der Waals surface area (Å²) in [5.41, 5.74) is 1.45. The van der Waals surface area contributed by atoms with Gasteiger partial charge in [0.05, 0.1) is 11.6 Å². The Morgan fingerprint density at radius 1 is 1.55 bits per heavy atom. The molecule has 0 amide bonds. The maximum absolute atomic E-state index is 8.64. The third kappa shape index (κ3) is 1.74. The summed E-state index contributed by atoms with van der Waals surface area (Å²) < 4.78 is 0.838. The molecule has 0 saturated heterocycles. The number of halogens is 2. The summed E-state index contributed by atoms with van der Waals surface area (Å²) in [6.07, 6.45) is 0. The van der Waals surface area contributed by atoms with Gasteiger partial charge in [0.1, 0.15) is 0 Å². The summed E-state index contributed by atoms with van der Waals surface area (Å²) in [5, 5.41) is 9.26. The van der Waals surface area contributed by atoms with Gasteiger partial charge in [-0.2, -0.15) is 5.26 Å². The molecule has 0 heterocycles. The summed E-state index contributed by atoms with van der Waals surface area (Å²) in [5.74, 6) is 0. The highest BCUT2D eigenvalue weighted by atomic mass is 79.9. The van der Waals surface area contributed by atoms with Crippen LogP contribution in [0, 0.1) is 18.3 Å². The van der Waals surface area contributed by atoms with Crippen molar-refractivity contribution in [1.29, 1.82) is 5.26 Å². The second-order valence-corrected chi connectivity index (χ2v) is 3.49. The highest BCUT2D eigenvalue weighted by molar-refractivity contribution is 9.10. The summed E-state index contributed by atoms with van der Waals surface area (Å²) >= 11 is 9.07. The van der Waals surface area contributed by atoms with Gasteiger partial charge in [-0.25, -0.2) is 0 Å². The standard InChI is InChI=1S/C8H5BrClN/c1-5-6(4-11)2-7(9)3-8(5)10/h2-3H,1H3. The van der Waals surface area contributed by atoms with Gasteiger partial charge in [-0.05, 0) is 24.6 Å².